The number of benzene rings is 1. The van der Waals surface area contributed by atoms with Crippen molar-refractivity contribution >= 4 is 23.1 Å². The van der Waals surface area contributed by atoms with Crippen LogP contribution in [0.5, 0.6) is 0 Å². The highest BCUT2D eigenvalue weighted by Crippen LogP contribution is 2.21. The minimum absolute atomic E-state index is 0.115. The van der Waals surface area contributed by atoms with E-state index in [1.54, 1.807) is 12.3 Å². The number of hydrogen-bond acceptors (Lipinski definition) is 6. The number of likely N-dealkylation sites (N-methyl/N-ethyl adjacent to an activating group) is 1. The van der Waals surface area contributed by atoms with E-state index in [1.165, 1.54) is 5.69 Å². The highest BCUT2D eigenvalue weighted by Gasteiger charge is 2.17. The Labute approximate surface area is 172 Å². The molecule has 2 fully saturated rings. The fraction of sp³-hybridized carbons (Fsp3) is 0.455. The topological polar surface area (TPSA) is 69.7 Å². The number of hydrogen-bond donors (Lipinski definition) is 2. The van der Waals surface area contributed by atoms with Gasteiger partial charge in [-0.05, 0) is 56.3 Å². The summed E-state index contributed by atoms with van der Waals surface area (Å²) in [6.45, 7) is 5.65. The summed E-state index contributed by atoms with van der Waals surface area (Å²) < 4.78 is 5.53. The number of carbonyl (C=O) groups excluding carboxylic acids is 1. The van der Waals surface area contributed by atoms with Gasteiger partial charge in [0.05, 0.1) is 11.7 Å². The number of nitrogens with zero attached hydrogens (tertiary/aromatic N) is 3. The molecule has 0 aliphatic carbocycles. The number of pyridine rings is 1. The van der Waals surface area contributed by atoms with E-state index in [2.05, 4.69) is 56.7 Å². The Morgan fingerprint density at radius 3 is 2.59 bits per heavy atom. The third-order valence-corrected chi connectivity index (χ3v) is 5.55. The molecular weight excluding hydrogens is 366 g/mol. The number of anilines is 3. The summed E-state index contributed by atoms with van der Waals surface area (Å²) in [5.41, 5.74) is 2.78. The summed E-state index contributed by atoms with van der Waals surface area (Å²) >= 11 is 0. The lowest BCUT2D eigenvalue weighted by molar-refractivity contribution is 0.0857. The lowest BCUT2D eigenvalue weighted by Gasteiger charge is -2.34. The standard InChI is InChI=1S/C22H29N5O2/c1-26-10-12-27(13-11-26)19-7-5-18(6-8-19)25-21-9-4-17(15-23-21)22(28)24-16-20-3-2-14-29-20/h4-9,15,20H,2-3,10-14,16H2,1H3,(H,23,25)(H,24,28). The molecule has 1 aromatic carbocycles. The van der Waals surface area contributed by atoms with Crippen LogP contribution >= 0.6 is 0 Å². The minimum atomic E-state index is -0.115. The fourth-order valence-corrected chi connectivity index (χ4v) is 3.68. The van der Waals surface area contributed by atoms with E-state index in [-0.39, 0.29) is 12.0 Å². The van der Waals surface area contributed by atoms with Gasteiger partial charge in [0.15, 0.2) is 0 Å². The molecule has 3 heterocycles. The van der Waals surface area contributed by atoms with Gasteiger partial charge in [0.25, 0.3) is 5.91 Å². The van der Waals surface area contributed by atoms with Crippen LogP contribution < -0.4 is 15.5 Å². The SMILES string of the molecule is CN1CCN(c2ccc(Nc3ccc(C(=O)NCC4CCCO4)cn3)cc2)CC1. The molecule has 4 rings (SSSR count). The number of ether oxygens (including phenoxy) is 1. The van der Waals surface area contributed by atoms with Crippen LogP contribution in [-0.2, 0) is 4.74 Å². The van der Waals surface area contributed by atoms with Gasteiger partial charge in [-0.1, -0.05) is 0 Å². The molecule has 0 bridgehead atoms. The van der Waals surface area contributed by atoms with Gasteiger partial charge in [-0.3, -0.25) is 4.79 Å². The van der Waals surface area contributed by atoms with E-state index in [0.717, 1.165) is 51.3 Å². The van der Waals surface area contributed by atoms with Gasteiger partial charge in [0.2, 0.25) is 0 Å². The summed E-state index contributed by atoms with van der Waals surface area (Å²) in [4.78, 5) is 21.4. The maximum absolute atomic E-state index is 12.2. The molecule has 0 saturated carbocycles. The van der Waals surface area contributed by atoms with Crippen LogP contribution in [-0.4, -0.2) is 68.3 Å². The first-order valence-corrected chi connectivity index (χ1v) is 10.3. The Kier molecular flexibility index (Phi) is 6.27. The third-order valence-electron chi connectivity index (χ3n) is 5.55. The zero-order chi connectivity index (χ0) is 20.1. The number of amides is 1. The molecule has 0 spiro atoms. The molecule has 1 aromatic heterocycles. The van der Waals surface area contributed by atoms with E-state index in [4.69, 9.17) is 4.74 Å². The fourth-order valence-electron chi connectivity index (χ4n) is 3.68. The molecule has 154 valence electrons. The molecule has 7 heteroatoms. The van der Waals surface area contributed by atoms with Crippen LogP contribution in [0.3, 0.4) is 0 Å². The van der Waals surface area contributed by atoms with E-state index in [0.29, 0.717) is 17.9 Å². The van der Waals surface area contributed by atoms with Crippen LogP contribution in [0.15, 0.2) is 42.6 Å². The van der Waals surface area contributed by atoms with E-state index in [9.17, 15) is 4.79 Å². The summed E-state index contributed by atoms with van der Waals surface area (Å²) in [6, 6.07) is 12.0. The Bertz CT molecular complexity index is 795. The quantitative estimate of drug-likeness (QED) is 0.783. The molecule has 2 N–H and O–H groups in total. The van der Waals surface area contributed by atoms with Crippen molar-refractivity contribution in [2.75, 3.05) is 56.6 Å². The highest BCUT2D eigenvalue weighted by molar-refractivity contribution is 5.94. The Hall–Kier alpha value is -2.64. The number of carbonyl (C=O) groups is 1. The second kappa shape index (κ2) is 9.24. The van der Waals surface area contributed by atoms with Crippen LogP contribution in [0.4, 0.5) is 17.2 Å². The Morgan fingerprint density at radius 1 is 1.14 bits per heavy atom. The zero-order valence-corrected chi connectivity index (χ0v) is 16.9. The van der Waals surface area contributed by atoms with Crippen molar-refractivity contribution in [3.8, 4) is 0 Å². The predicted molar refractivity (Wildman–Crippen MR) is 115 cm³/mol. The van der Waals surface area contributed by atoms with Crippen molar-refractivity contribution in [2.45, 2.75) is 18.9 Å². The van der Waals surface area contributed by atoms with Gasteiger partial charge in [-0.2, -0.15) is 0 Å². The molecule has 2 aliphatic heterocycles. The normalized spacial score (nSPS) is 19.9. The van der Waals surface area contributed by atoms with Gasteiger partial charge in [0.1, 0.15) is 5.82 Å². The van der Waals surface area contributed by atoms with Crippen LogP contribution in [0.25, 0.3) is 0 Å². The molecule has 2 aromatic rings. The summed E-state index contributed by atoms with van der Waals surface area (Å²) in [5, 5.41) is 6.21. The van der Waals surface area contributed by atoms with Crippen molar-refractivity contribution in [2.24, 2.45) is 0 Å². The van der Waals surface area contributed by atoms with Crippen molar-refractivity contribution in [1.82, 2.24) is 15.2 Å². The van der Waals surface area contributed by atoms with Gasteiger partial charge in [-0.25, -0.2) is 4.98 Å². The van der Waals surface area contributed by atoms with Gasteiger partial charge >= 0.3 is 0 Å². The largest absolute Gasteiger partial charge is 0.376 e. The van der Waals surface area contributed by atoms with Crippen molar-refractivity contribution in [1.29, 1.82) is 0 Å². The molecule has 1 atom stereocenters. The molecule has 1 unspecified atom stereocenters. The number of piperazine rings is 1. The first-order chi connectivity index (χ1) is 14.2. The van der Waals surface area contributed by atoms with Gasteiger partial charge in [-0.15, -0.1) is 0 Å². The minimum Gasteiger partial charge on any atom is -0.376 e. The third kappa shape index (κ3) is 5.25. The van der Waals surface area contributed by atoms with Crippen molar-refractivity contribution < 1.29 is 9.53 Å². The Balaban J connectivity index is 1.29. The number of rotatable bonds is 6. The van der Waals surface area contributed by atoms with Crippen LogP contribution in [0.1, 0.15) is 23.2 Å². The molecule has 29 heavy (non-hydrogen) atoms. The smallest absolute Gasteiger partial charge is 0.252 e. The molecular formula is C22H29N5O2. The number of aromatic nitrogens is 1. The van der Waals surface area contributed by atoms with Crippen LogP contribution in [0, 0.1) is 0 Å². The molecule has 2 aliphatic rings. The second-order valence-electron chi connectivity index (χ2n) is 7.74. The predicted octanol–water partition coefficient (Wildman–Crippen LogP) is 2.49. The van der Waals surface area contributed by atoms with Crippen molar-refractivity contribution in [3.63, 3.8) is 0 Å². The second-order valence-corrected chi connectivity index (χ2v) is 7.74. The van der Waals surface area contributed by atoms with E-state index < -0.39 is 0 Å². The molecule has 0 radical (unpaired) electrons. The van der Waals surface area contributed by atoms with Crippen molar-refractivity contribution in [3.05, 3.63) is 48.2 Å². The Morgan fingerprint density at radius 2 is 1.93 bits per heavy atom. The number of nitrogens with one attached hydrogen (secondary N) is 2. The lowest BCUT2D eigenvalue weighted by atomic mass is 10.2. The maximum Gasteiger partial charge on any atom is 0.252 e. The van der Waals surface area contributed by atoms with Gasteiger partial charge in [0, 0.05) is 56.9 Å². The molecule has 7 nitrogen and oxygen atoms in total. The monoisotopic (exact) mass is 395 g/mol. The molecule has 2 saturated heterocycles. The first kappa shape index (κ1) is 19.7. The highest BCUT2D eigenvalue weighted by atomic mass is 16.5. The van der Waals surface area contributed by atoms with E-state index in [1.807, 2.05) is 6.07 Å². The zero-order valence-electron chi connectivity index (χ0n) is 16.9. The molecule has 1 amide bonds. The lowest BCUT2D eigenvalue weighted by Crippen LogP contribution is -2.44. The average molecular weight is 396 g/mol. The first-order valence-electron chi connectivity index (χ1n) is 10.3. The summed E-state index contributed by atoms with van der Waals surface area (Å²) in [6.07, 6.45) is 3.82. The summed E-state index contributed by atoms with van der Waals surface area (Å²) in [7, 11) is 2.16. The van der Waals surface area contributed by atoms with Crippen LogP contribution in [0.2, 0.25) is 0 Å². The van der Waals surface area contributed by atoms with Gasteiger partial charge < -0.3 is 25.2 Å². The maximum atomic E-state index is 12.2. The summed E-state index contributed by atoms with van der Waals surface area (Å²) in [5.74, 6) is 0.601. The van der Waals surface area contributed by atoms with E-state index >= 15 is 0 Å². The average Bonchev–Trinajstić information content (AvgIpc) is 3.27.